The van der Waals surface area contributed by atoms with E-state index in [-0.39, 0.29) is 5.92 Å². The molecule has 3 nitrogen and oxygen atoms in total. The first-order valence-corrected chi connectivity index (χ1v) is 7.12. The zero-order valence-electron chi connectivity index (χ0n) is 8.59. The van der Waals surface area contributed by atoms with Gasteiger partial charge in [0.05, 0.1) is 17.2 Å². The maximum absolute atomic E-state index is 11.4. The van der Waals surface area contributed by atoms with Crippen LogP contribution >= 0.6 is 11.6 Å². The van der Waals surface area contributed by atoms with Crippen molar-refractivity contribution in [2.45, 2.75) is 11.2 Å². The molecule has 0 unspecified atom stereocenters. The van der Waals surface area contributed by atoms with Crippen LogP contribution < -0.4 is 0 Å². The Hall–Kier alpha value is -1.05. The first-order chi connectivity index (χ1) is 7.45. The molecule has 3 atom stereocenters. The molecule has 0 radical (unpaired) electrons. The highest BCUT2D eigenvalue weighted by atomic mass is 35.5. The molecule has 0 amide bonds. The van der Waals surface area contributed by atoms with Gasteiger partial charge in [-0.05, 0) is 17.7 Å². The zero-order chi connectivity index (χ0) is 11.9. The van der Waals surface area contributed by atoms with Gasteiger partial charge in [-0.2, -0.15) is 5.26 Å². The van der Waals surface area contributed by atoms with Gasteiger partial charge in [-0.25, -0.2) is 8.42 Å². The fraction of sp³-hybridized carbons (Fsp3) is 0.364. The normalized spacial score (nSPS) is 28.4. The van der Waals surface area contributed by atoms with Crippen LogP contribution in [0, 0.1) is 17.2 Å². The van der Waals surface area contributed by atoms with Gasteiger partial charge < -0.3 is 0 Å². The summed E-state index contributed by atoms with van der Waals surface area (Å²) in [4.78, 5) is 0. The van der Waals surface area contributed by atoms with Crippen molar-refractivity contribution in [1.29, 1.82) is 5.26 Å². The van der Waals surface area contributed by atoms with Gasteiger partial charge >= 0.3 is 0 Å². The molecule has 0 aromatic heterocycles. The van der Waals surface area contributed by atoms with E-state index in [1.54, 1.807) is 24.3 Å². The number of hydrogen-bond donors (Lipinski definition) is 0. The van der Waals surface area contributed by atoms with Gasteiger partial charge in [0, 0.05) is 17.2 Å². The summed E-state index contributed by atoms with van der Waals surface area (Å²) in [7, 11) is -3.15. The molecule has 1 aromatic rings. The molecule has 16 heavy (non-hydrogen) atoms. The molecule has 1 aliphatic rings. The number of rotatable bonds is 2. The molecular formula is C11H10ClNO2S. The molecule has 0 spiro atoms. The van der Waals surface area contributed by atoms with E-state index in [4.69, 9.17) is 16.9 Å². The molecular weight excluding hydrogens is 246 g/mol. The van der Waals surface area contributed by atoms with Crippen LogP contribution in [-0.4, -0.2) is 19.9 Å². The van der Waals surface area contributed by atoms with Crippen LogP contribution in [0.2, 0.25) is 5.02 Å². The van der Waals surface area contributed by atoms with Gasteiger partial charge in [-0.15, -0.1) is 0 Å². The highest BCUT2D eigenvalue weighted by Gasteiger charge is 2.57. The van der Waals surface area contributed by atoms with E-state index in [2.05, 4.69) is 0 Å². The van der Waals surface area contributed by atoms with Crippen LogP contribution in [0.1, 0.15) is 11.5 Å². The minimum atomic E-state index is -3.15. The predicted molar refractivity (Wildman–Crippen MR) is 61.9 cm³/mol. The highest BCUT2D eigenvalue weighted by molar-refractivity contribution is 7.91. The average molecular weight is 256 g/mol. The van der Waals surface area contributed by atoms with Gasteiger partial charge in [0.1, 0.15) is 0 Å². The Morgan fingerprint density at radius 3 is 2.25 bits per heavy atom. The lowest BCUT2D eigenvalue weighted by Crippen LogP contribution is -2.06. The number of halogens is 1. The lowest BCUT2D eigenvalue weighted by atomic mass is 10.1. The van der Waals surface area contributed by atoms with Crippen molar-refractivity contribution >= 4 is 21.4 Å². The number of hydrogen-bond acceptors (Lipinski definition) is 3. The molecule has 0 bridgehead atoms. The van der Waals surface area contributed by atoms with Gasteiger partial charge in [-0.1, -0.05) is 23.7 Å². The number of benzene rings is 1. The van der Waals surface area contributed by atoms with Crippen LogP contribution in [-0.2, 0) is 9.84 Å². The smallest absolute Gasteiger partial charge is 0.152 e. The van der Waals surface area contributed by atoms with Crippen LogP contribution in [0.15, 0.2) is 24.3 Å². The fourth-order valence-electron chi connectivity index (χ4n) is 2.05. The summed E-state index contributed by atoms with van der Waals surface area (Å²) in [6.07, 6.45) is 1.18. The van der Waals surface area contributed by atoms with Crippen molar-refractivity contribution in [2.24, 2.45) is 5.92 Å². The molecule has 1 saturated carbocycles. The van der Waals surface area contributed by atoms with Gasteiger partial charge in [-0.3, -0.25) is 0 Å². The first-order valence-electron chi connectivity index (χ1n) is 4.79. The molecule has 2 rings (SSSR count). The number of sulfone groups is 1. The summed E-state index contributed by atoms with van der Waals surface area (Å²) in [5.74, 6) is -0.617. The monoisotopic (exact) mass is 255 g/mol. The van der Waals surface area contributed by atoms with Crippen LogP contribution in [0.25, 0.3) is 0 Å². The average Bonchev–Trinajstić information content (AvgIpc) is 2.92. The second-order valence-corrected chi connectivity index (χ2v) is 6.67. The summed E-state index contributed by atoms with van der Waals surface area (Å²) in [5.41, 5.74) is 0.867. The van der Waals surface area contributed by atoms with E-state index in [9.17, 15) is 8.42 Å². The molecule has 0 N–H and O–H groups in total. The Labute approximate surface area is 99.6 Å². The summed E-state index contributed by atoms with van der Waals surface area (Å²) in [5, 5.41) is 8.93. The third kappa shape index (κ3) is 1.93. The standard InChI is InChI=1S/C11H10ClNO2S/c1-16(14,15)11-9(6-13)10(11)7-2-4-8(12)5-3-7/h2-5,9-11H,1H3/t9-,10-,11+/m0/s1. The van der Waals surface area contributed by atoms with Crippen LogP contribution in [0.4, 0.5) is 0 Å². The fourth-order valence-corrected chi connectivity index (χ4v) is 3.71. The Balaban J connectivity index is 2.31. The van der Waals surface area contributed by atoms with E-state index in [0.717, 1.165) is 5.56 Å². The predicted octanol–water partition coefficient (Wildman–Crippen LogP) is 1.99. The lowest BCUT2D eigenvalue weighted by Gasteiger charge is -1.98. The number of nitrogens with zero attached hydrogens (tertiary/aromatic N) is 1. The van der Waals surface area contributed by atoms with E-state index in [1.165, 1.54) is 6.26 Å². The van der Waals surface area contributed by atoms with Gasteiger partial charge in [0.15, 0.2) is 9.84 Å². The minimum Gasteiger partial charge on any atom is -0.229 e. The van der Waals surface area contributed by atoms with Crippen LogP contribution in [0.3, 0.4) is 0 Å². The summed E-state index contributed by atoms with van der Waals surface area (Å²) >= 11 is 5.75. The minimum absolute atomic E-state index is 0.197. The van der Waals surface area contributed by atoms with E-state index < -0.39 is 21.0 Å². The van der Waals surface area contributed by atoms with Crippen molar-refractivity contribution in [3.05, 3.63) is 34.9 Å². The molecule has 84 valence electrons. The summed E-state index contributed by atoms with van der Waals surface area (Å²) in [6.45, 7) is 0. The van der Waals surface area contributed by atoms with Crippen molar-refractivity contribution in [1.82, 2.24) is 0 Å². The largest absolute Gasteiger partial charge is 0.229 e. The first kappa shape index (κ1) is 11.4. The van der Waals surface area contributed by atoms with Crippen LogP contribution in [0.5, 0.6) is 0 Å². The quantitative estimate of drug-likeness (QED) is 0.812. The number of nitriles is 1. The third-order valence-electron chi connectivity index (χ3n) is 2.85. The molecule has 0 heterocycles. The van der Waals surface area contributed by atoms with E-state index in [0.29, 0.717) is 5.02 Å². The topological polar surface area (TPSA) is 57.9 Å². The zero-order valence-corrected chi connectivity index (χ0v) is 10.2. The summed E-state index contributed by atoms with van der Waals surface area (Å²) < 4.78 is 22.9. The maximum Gasteiger partial charge on any atom is 0.152 e. The Kier molecular flexibility index (Phi) is 2.69. The summed E-state index contributed by atoms with van der Waals surface area (Å²) in [6, 6.07) is 9.03. The van der Waals surface area contributed by atoms with Crippen molar-refractivity contribution in [3.8, 4) is 6.07 Å². The molecule has 0 saturated heterocycles. The lowest BCUT2D eigenvalue weighted by molar-refractivity contribution is 0.599. The molecule has 0 aliphatic heterocycles. The van der Waals surface area contributed by atoms with Gasteiger partial charge in [0.2, 0.25) is 0 Å². The SMILES string of the molecule is CS(=O)(=O)[C@@H]1[C@@H](C#N)[C@@H]1c1ccc(Cl)cc1. The maximum atomic E-state index is 11.4. The Bertz CT molecular complexity index is 544. The molecule has 1 fully saturated rings. The van der Waals surface area contributed by atoms with Crippen molar-refractivity contribution in [2.75, 3.05) is 6.26 Å². The molecule has 1 aromatic carbocycles. The van der Waals surface area contributed by atoms with E-state index >= 15 is 0 Å². The second kappa shape index (κ2) is 3.76. The van der Waals surface area contributed by atoms with Crippen molar-refractivity contribution < 1.29 is 8.42 Å². The Morgan fingerprint density at radius 1 is 1.31 bits per heavy atom. The second-order valence-electron chi connectivity index (χ2n) is 4.03. The third-order valence-corrected chi connectivity index (χ3v) is 4.68. The van der Waals surface area contributed by atoms with E-state index in [1.807, 2.05) is 6.07 Å². The molecule has 5 heteroatoms. The van der Waals surface area contributed by atoms with Gasteiger partial charge in [0.25, 0.3) is 0 Å². The van der Waals surface area contributed by atoms with Crippen molar-refractivity contribution in [3.63, 3.8) is 0 Å². The highest BCUT2D eigenvalue weighted by Crippen LogP contribution is 2.51. The Morgan fingerprint density at radius 2 is 1.88 bits per heavy atom. The molecule has 1 aliphatic carbocycles.